The van der Waals surface area contributed by atoms with E-state index in [4.69, 9.17) is 0 Å². The molecule has 3 saturated carbocycles. The third kappa shape index (κ3) is 1.24. The number of nitrogens with one attached hydrogen (secondary N) is 1. The van der Waals surface area contributed by atoms with Crippen molar-refractivity contribution in [2.45, 2.75) is 46.6 Å². The zero-order valence-electron chi connectivity index (χ0n) is 9.43. The summed E-state index contributed by atoms with van der Waals surface area (Å²) in [5.41, 5.74) is 0.644. The third-order valence-electron chi connectivity index (χ3n) is 4.82. The molecule has 3 fully saturated rings. The molecule has 0 spiro atoms. The number of fused-ring (bicyclic) bond motifs is 2. The van der Waals surface area contributed by atoms with Gasteiger partial charge in [0.2, 0.25) is 0 Å². The lowest BCUT2D eigenvalue weighted by Gasteiger charge is -2.62. The second-order valence-electron chi connectivity index (χ2n) is 5.62. The average molecular weight is 181 g/mol. The third-order valence-corrected chi connectivity index (χ3v) is 4.82. The zero-order valence-corrected chi connectivity index (χ0v) is 9.43. The molecule has 0 radical (unpaired) electrons. The summed E-state index contributed by atoms with van der Waals surface area (Å²) in [6, 6.07) is 0.807. The van der Waals surface area contributed by atoms with Crippen LogP contribution in [0.25, 0.3) is 0 Å². The van der Waals surface area contributed by atoms with Crippen molar-refractivity contribution in [2.24, 2.45) is 23.2 Å². The molecule has 2 bridgehead atoms. The van der Waals surface area contributed by atoms with Crippen LogP contribution < -0.4 is 5.32 Å². The van der Waals surface area contributed by atoms with E-state index in [2.05, 4.69) is 33.0 Å². The maximum absolute atomic E-state index is 3.63. The second-order valence-corrected chi connectivity index (χ2v) is 5.62. The van der Waals surface area contributed by atoms with E-state index in [9.17, 15) is 0 Å². The molecule has 0 aromatic carbocycles. The van der Waals surface area contributed by atoms with E-state index < -0.39 is 0 Å². The van der Waals surface area contributed by atoms with Crippen LogP contribution in [0.15, 0.2) is 0 Å². The smallest absolute Gasteiger partial charge is 0.00982 e. The van der Waals surface area contributed by atoms with E-state index in [1.807, 2.05) is 0 Å². The minimum atomic E-state index is 0.644. The van der Waals surface area contributed by atoms with Gasteiger partial charge in [-0.15, -0.1) is 0 Å². The van der Waals surface area contributed by atoms with Crippen molar-refractivity contribution in [3.63, 3.8) is 0 Å². The van der Waals surface area contributed by atoms with Gasteiger partial charge < -0.3 is 5.32 Å². The molecular formula is C12H23N. The van der Waals surface area contributed by atoms with Gasteiger partial charge in [-0.2, -0.15) is 0 Å². The van der Waals surface area contributed by atoms with Gasteiger partial charge in [-0.1, -0.05) is 27.7 Å². The molecule has 1 heteroatoms. The molecule has 13 heavy (non-hydrogen) atoms. The van der Waals surface area contributed by atoms with Crippen LogP contribution >= 0.6 is 0 Å². The van der Waals surface area contributed by atoms with Crippen LogP contribution in [0.5, 0.6) is 0 Å². The first-order valence-corrected chi connectivity index (χ1v) is 5.80. The lowest BCUT2D eigenvalue weighted by atomic mass is 9.45. The molecule has 76 valence electrons. The fourth-order valence-electron chi connectivity index (χ4n) is 3.68. The summed E-state index contributed by atoms with van der Waals surface area (Å²) in [6.07, 6.45) is 2.91. The molecule has 0 aliphatic heterocycles. The SMILES string of the molecule is CCNC1CC2CC(C1C)C2(C)C. The van der Waals surface area contributed by atoms with Gasteiger partial charge in [0.15, 0.2) is 0 Å². The Morgan fingerprint density at radius 1 is 1.31 bits per heavy atom. The highest BCUT2D eigenvalue weighted by Gasteiger charge is 2.55. The van der Waals surface area contributed by atoms with Crippen LogP contribution in [0.1, 0.15) is 40.5 Å². The monoisotopic (exact) mass is 181 g/mol. The summed E-state index contributed by atoms with van der Waals surface area (Å²) in [6.45, 7) is 10.7. The molecule has 3 rings (SSSR count). The molecule has 1 nitrogen and oxygen atoms in total. The lowest BCUT2D eigenvalue weighted by molar-refractivity contribution is -0.114. The Balaban J connectivity index is 2.03. The highest BCUT2D eigenvalue weighted by Crippen LogP contribution is 2.61. The molecule has 1 N–H and O–H groups in total. The Bertz CT molecular complexity index is 197. The topological polar surface area (TPSA) is 12.0 Å². The minimum Gasteiger partial charge on any atom is -0.314 e. The fraction of sp³-hybridized carbons (Fsp3) is 1.00. The van der Waals surface area contributed by atoms with Crippen LogP contribution in [0.3, 0.4) is 0 Å². The summed E-state index contributed by atoms with van der Waals surface area (Å²) in [5.74, 6) is 2.87. The number of hydrogen-bond acceptors (Lipinski definition) is 1. The van der Waals surface area contributed by atoms with E-state index in [0.717, 1.165) is 30.3 Å². The molecule has 0 amide bonds. The van der Waals surface area contributed by atoms with Crippen LogP contribution in [0, 0.1) is 23.2 Å². The quantitative estimate of drug-likeness (QED) is 0.690. The van der Waals surface area contributed by atoms with Gasteiger partial charge in [0.1, 0.15) is 0 Å². The van der Waals surface area contributed by atoms with Gasteiger partial charge in [-0.3, -0.25) is 0 Å². The molecule has 3 aliphatic carbocycles. The second kappa shape index (κ2) is 2.98. The zero-order chi connectivity index (χ0) is 9.64. The highest BCUT2D eigenvalue weighted by molar-refractivity contribution is 5.06. The molecule has 4 atom stereocenters. The first-order chi connectivity index (χ1) is 6.07. The maximum atomic E-state index is 3.63. The standard InChI is InChI=1S/C12H23N/c1-5-13-11-7-9-6-10(8(11)2)12(9,3)4/h8-11,13H,5-7H2,1-4H3. The van der Waals surface area contributed by atoms with Crippen LogP contribution in [-0.4, -0.2) is 12.6 Å². The van der Waals surface area contributed by atoms with Crippen LogP contribution in [0.4, 0.5) is 0 Å². The van der Waals surface area contributed by atoms with Crippen molar-refractivity contribution in [2.75, 3.05) is 6.54 Å². The molecule has 0 aromatic rings. The Labute approximate surface area is 82.3 Å². The number of hydrogen-bond donors (Lipinski definition) is 1. The van der Waals surface area contributed by atoms with Gasteiger partial charge in [-0.05, 0) is 42.6 Å². The Morgan fingerprint density at radius 3 is 2.46 bits per heavy atom. The predicted molar refractivity (Wildman–Crippen MR) is 56.6 cm³/mol. The number of rotatable bonds is 2. The molecule has 4 unspecified atom stereocenters. The molecule has 0 saturated heterocycles. The summed E-state index contributed by atoms with van der Waals surface area (Å²) < 4.78 is 0. The minimum absolute atomic E-state index is 0.644. The van der Waals surface area contributed by atoms with Gasteiger partial charge in [0.25, 0.3) is 0 Å². The van der Waals surface area contributed by atoms with E-state index in [0.29, 0.717) is 5.41 Å². The summed E-state index contributed by atoms with van der Waals surface area (Å²) in [4.78, 5) is 0. The fourth-order valence-corrected chi connectivity index (χ4v) is 3.68. The van der Waals surface area contributed by atoms with E-state index in [1.54, 1.807) is 0 Å². The van der Waals surface area contributed by atoms with Gasteiger partial charge in [0, 0.05) is 6.04 Å². The summed E-state index contributed by atoms with van der Waals surface area (Å²) >= 11 is 0. The average Bonchev–Trinajstić information content (AvgIpc) is 2.08. The Kier molecular flexibility index (Phi) is 2.18. The first-order valence-electron chi connectivity index (χ1n) is 5.80. The molecule has 3 aliphatic rings. The van der Waals surface area contributed by atoms with Crippen molar-refractivity contribution >= 4 is 0 Å². The Morgan fingerprint density at radius 2 is 2.00 bits per heavy atom. The molecular weight excluding hydrogens is 158 g/mol. The predicted octanol–water partition coefficient (Wildman–Crippen LogP) is 2.67. The maximum Gasteiger partial charge on any atom is 0.00982 e. The highest BCUT2D eigenvalue weighted by atomic mass is 14.9. The van der Waals surface area contributed by atoms with Crippen molar-refractivity contribution in [3.8, 4) is 0 Å². The lowest BCUT2D eigenvalue weighted by Crippen LogP contribution is -2.59. The van der Waals surface area contributed by atoms with Crippen LogP contribution in [0.2, 0.25) is 0 Å². The summed E-state index contributed by atoms with van der Waals surface area (Å²) in [7, 11) is 0. The van der Waals surface area contributed by atoms with E-state index in [1.165, 1.54) is 12.8 Å². The van der Waals surface area contributed by atoms with Crippen LogP contribution in [-0.2, 0) is 0 Å². The van der Waals surface area contributed by atoms with Gasteiger partial charge in [-0.25, -0.2) is 0 Å². The first kappa shape index (κ1) is 9.51. The van der Waals surface area contributed by atoms with Crippen molar-refractivity contribution in [1.29, 1.82) is 0 Å². The molecule has 0 aromatic heterocycles. The largest absolute Gasteiger partial charge is 0.314 e. The van der Waals surface area contributed by atoms with Crippen molar-refractivity contribution < 1.29 is 0 Å². The van der Waals surface area contributed by atoms with E-state index >= 15 is 0 Å². The van der Waals surface area contributed by atoms with Crippen molar-refractivity contribution in [1.82, 2.24) is 5.32 Å². The van der Waals surface area contributed by atoms with Crippen molar-refractivity contribution in [3.05, 3.63) is 0 Å². The van der Waals surface area contributed by atoms with E-state index in [-0.39, 0.29) is 0 Å². The Hall–Kier alpha value is -0.0400. The normalized spacial score (nSPS) is 47.1. The molecule has 0 heterocycles. The summed E-state index contributed by atoms with van der Waals surface area (Å²) in [5, 5.41) is 3.63. The van der Waals surface area contributed by atoms with Gasteiger partial charge in [0.05, 0.1) is 0 Å². The van der Waals surface area contributed by atoms with Gasteiger partial charge >= 0.3 is 0 Å².